The van der Waals surface area contributed by atoms with E-state index in [1.54, 1.807) is 0 Å². The van der Waals surface area contributed by atoms with Crippen molar-refractivity contribution in [2.45, 2.75) is 27.2 Å². The molecule has 3 rings (SSSR count). The third-order valence-corrected chi connectivity index (χ3v) is 4.79. The quantitative estimate of drug-likeness (QED) is 0.546. The summed E-state index contributed by atoms with van der Waals surface area (Å²) in [4.78, 5) is 0. The molecule has 0 bridgehead atoms. The van der Waals surface area contributed by atoms with Gasteiger partial charge in [-0.1, -0.05) is 25.1 Å². The molecule has 0 spiro atoms. The van der Waals surface area contributed by atoms with E-state index in [4.69, 9.17) is 0 Å². The van der Waals surface area contributed by atoms with Crippen LogP contribution in [0.5, 0.6) is 0 Å². The summed E-state index contributed by atoms with van der Waals surface area (Å²) in [5.74, 6) is 0. The van der Waals surface area contributed by atoms with Crippen molar-refractivity contribution in [2.75, 3.05) is 0 Å². The lowest BCUT2D eigenvalue weighted by atomic mass is 9.96. The number of fused-ring (bicyclic) bond motifs is 3. The summed E-state index contributed by atoms with van der Waals surface area (Å²) < 4.78 is 2.84. The largest absolute Gasteiger partial charge is 0.135 e. The lowest BCUT2D eigenvalue weighted by Crippen LogP contribution is -1.91. The first-order valence-electron chi connectivity index (χ1n) is 6.12. The minimum Gasteiger partial charge on any atom is -0.135 e. The Morgan fingerprint density at radius 1 is 1.06 bits per heavy atom. The van der Waals surface area contributed by atoms with Crippen LogP contribution in [0.1, 0.15) is 23.6 Å². The molecule has 0 aliphatic rings. The lowest BCUT2D eigenvalue weighted by Gasteiger charge is -2.09. The number of hydrogen-bond acceptors (Lipinski definition) is 1. The van der Waals surface area contributed by atoms with Crippen LogP contribution in [0.2, 0.25) is 0 Å². The molecule has 2 aromatic carbocycles. The average Bonchev–Trinajstić information content (AvgIpc) is 2.69. The van der Waals surface area contributed by atoms with Gasteiger partial charge in [0.2, 0.25) is 0 Å². The molecule has 1 heterocycles. The predicted molar refractivity (Wildman–Crippen MR) is 78.2 cm³/mol. The molecule has 0 aliphatic heterocycles. The number of aryl methyl sites for hydroxylation is 2. The normalized spacial score (nSPS) is 11.5. The molecule has 1 heteroatoms. The Morgan fingerprint density at radius 2 is 1.82 bits per heavy atom. The second-order valence-electron chi connectivity index (χ2n) is 4.62. The van der Waals surface area contributed by atoms with Crippen LogP contribution in [0.4, 0.5) is 0 Å². The number of rotatable bonds is 1. The molecule has 17 heavy (non-hydrogen) atoms. The van der Waals surface area contributed by atoms with Crippen molar-refractivity contribution in [2.24, 2.45) is 0 Å². The van der Waals surface area contributed by atoms with E-state index in [9.17, 15) is 0 Å². The predicted octanol–water partition coefficient (Wildman–Crippen LogP) is 5.23. The zero-order valence-electron chi connectivity index (χ0n) is 10.5. The smallest absolute Gasteiger partial charge is 0.0361 e. The topological polar surface area (TPSA) is 0 Å². The van der Waals surface area contributed by atoms with Gasteiger partial charge in [-0.3, -0.25) is 0 Å². The fourth-order valence-electron chi connectivity index (χ4n) is 2.65. The van der Waals surface area contributed by atoms with Crippen molar-refractivity contribution in [3.05, 3.63) is 47.0 Å². The second-order valence-corrected chi connectivity index (χ2v) is 5.71. The van der Waals surface area contributed by atoms with Crippen LogP contribution in [-0.2, 0) is 6.42 Å². The van der Waals surface area contributed by atoms with Crippen LogP contribution in [0.3, 0.4) is 0 Å². The SMILES string of the molecule is CCc1c(C)c(C)cc2sc3ccccc3c12. The van der Waals surface area contributed by atoms with Crippen molar-refractivity contribution in [3.8, 4) is 0 Å². The number of benzene rings is 2. The summed E-state index contributed by atoms with van der Waals surface area (Å²) in [6, 6.07) is 11.1. The van der Waals surface area contributed by atoms with E-state index in [0.717, 1.165) is 6.42 Å². The van der Waals surface area contributed by atoms with Gasteiger partial charge in [-0.15, -0.1) is 11.3 Å². The fraction of sp³-hybridized carbons (Fsp3) is 0.250. The Labute approximate surface area is 106 Å². The summed E-state index contributed by atoms with van der Waals surface area (Å²) >= 11 is 1.91. The monoisotopic (exact) mass is 240 g/mol. The van der Waals surface area contributed by atoms with E-state index in [2.05, 4.69) is 51.1 Å². The van der Waals surface area contributed by atoms with E-state index in [-0.39, 0.29) is 0 Å². The Morgan fingerprint density at radius 3 is 2.59 bits per heavy atom. The van der Waals surface area contributed by atoms with Gasteiger partial charge in [-0.25, -0.2) is 0 Å². The summed E-state index contributed by atoms with van der Waals surface area (Å²) in [7, 11) is 0. The van der Waals surface area contributed by atoms with E-state index in [0.29, 0.717) is 0 Å². The van der Waals surface area contributed by atoms with Gasteiger partial charge in [-0.05, 0) is 49.1 Å². The Hall–Kier alpha value is -1.34. The molecule has 0 atom stereocenters. The number of thiophene rings is 1. The van der Waals surface area contributed by atoms with E-state index < -0.39 is 0 Å². The summed E-state index contributed by atoms with van der Waals surface area (Å²) in [6.45, 7) is 6.73. The van der Waals surface area contributed by atoms with Gasteiger partial charge in [0.1, 0.15) is 0 Å². The van der Waals surface area contributed by atoms with E-state index >= 15 is 0 Å². The van der Waals surface area contributed by atoms with Crippen molar-refractivity contribution in [3.63, 3.8) is 0 Å². The zero-order valence-corrected chi connectivity index (χ0v) is 11.3. The van der Waals surface area contributed by atoms with Crippen molar-refractivity contribution >= 4 is 31.5 Å². The van der Waals surface area contributed by atoms with Gasteiger partial charge in [0.05, 0.1) is 0 Å². The highest BCUT2D eigenvalue weighted by atomic mass is 32.1. The molecule has 0 saturated heterocycles. The molecule has 0 saturated carbocycles. The van der Waals surface area contributed by atoms with Gasteiger partial charge >= 0.3 is 0 Å². The molecule has 1 aromatic heterocycles. The molecule has 0 amide bonds. The van der Waals surface area contributed by atoms with Crippen molar-refractivity contribution in [1.29, 1.82) is 0 Å². The molecule has 0 fully saturated rings. The average molecular weight is 240 g/mol. The minimum absolute atomic E-state index is 1.12. The third-order valence-electron chi connectivity index (χ3n) is 3.67. The maximum absolute atomic E-state index is 2.34. The second kappa shape index (κ2) is 3.85. The first-order valence-corrected chi connectivity index (χ1v) is 6.94. The highest BCUT2D eigenvalue weighted by Crippen LogP contribution is 2.38. The van der Waals surface area contributed by atoms with Gasteiger partial charge in [0.15, 0.2) is 0 Å². The Bertz CT molecular complexity index is 704. The molecule has 86 valence electrons. The maximum Gasteiger partial charge on any atom is 0.0361 e. The van der Waals surface area contributed by atoms with Crippen LogP contribution < -0.4 is 0 Å². The standard InChI is InChI=1S/C16H16S/c1-4-12-11(3)10(2)9-15-16(12)13-7-5-6-8-14(13)17-15/h5-9H,4H2,1-3H3. The van der Waals surface area contributed by atoms with Gasteiger partial charge in [-0.2, -0.15) is 0 Å². The first kappa shape index (κ1) is 10.8. The van der Waals surface area contributed by atoms with E-state index in [1.807, 2.05) is 11.3 Å². The van der Waals surface area contributed by atoms with E-state index in [1.165, 1.54) is 36.9 Å². The third kappa shape index (κ3) is 1.49. The highest BCUT2D eigenvalue weighted by Gasteiger charge is 2.11. The molecule has 0 nitrogen and oxygen atoms in total. The fourth-order valence-corrected chi connectivity index (χ4v) is 3.88. The van der Waals surface area contributed by atoms with Gasteiger partial charge < -0.3 is 0 Å². The van der Waals surface area contributed by atoms with Crippen LogP contribution in [0.15, 0.2) is 30.3 Å². The molecule has 0 aliphatic carbocycles. The summed E-state index contributed by atoms with van der Waals surface area (Å²) in [5.41, 5.74) is 4.40. The molecule has 0 unspecified atom stereocenters. The van der Waals surface area contributed by atoms with Crippen molar-refractivity contribution < 1.29 is 0 Å². The summed E-state index contributed by atoms with van der Waals surface area (Å²) in [5, 5.41) is 2.91. The van der Waals surface area contributed by atoms with Gasteiger partial charge in [0, 0.05) is 20.2 Å². The lowest BCUT2D eigenvalue weighted by molar-refractivity contribution is 1.12. The molecule has 0 N–H and O–H groups in total. The zero-order chi connectivity index (χ0) is 12.0. The van der Waals surface area contributed by atoms with Crippen LogP contribution in [0, 0.1) is 13.8 Å². The Balaban J connectivity index is 2.58. The first-order chi connectivity index (χ1) is 8.22. The van der Waals surface area contributed by atoms with Gasteiger partial charge in [0.25, 0.3) is 0 Å². The number of hydrogen-bond donors (Lipinski definition) is 0. The molecular weight excluding hydrogens is 224 g/mol. The van der Waals surface area contributed by atoms with Crippen molar-refractivity contribution in [1.82, 2.24) is 0 Å². The minimum atomic E-state index is 1.12. The molecular formula is C16H16S. The van der Waals surface area contributed by atoms with Crippen LogP contribution in [0.25, 0.3) is 20.2 Å². The molecule has 0 radical (unpaired) electrons. The Kier molecular flexibility index (Phi) is 2.44. The molecule has 3 aromatic rings. The maximum atomic E-state index is 2.34. The highest BCUT2D eigenvalue weighted by molar-refractivity contribution is 7.25. The van der Waals surface area contributed by atoms with Crippen LogP contribution >= 0.6 is 11.3 Å². The van der Waals surface area contributed by atoms with Crippen LogP contribution in [-0.4, -0.2) is 0 Å². The summed E-state index contributed by atoms with van der Waals surface area (Å²) in [6.07, 6.45) is 1.12.